The lowest BCUT2D eigenvalue weighted by molar-refractivity contribution is -0.138. The van der Waals surface area contributed by atoms with Gasteiger partial charge < -0.3 is 15.2 Å². The minimum Gasteiger partial charge on any atom is -0.489 e. The first kappa shape index (κ1) is 30.9. The second kappa shape index (κ2) is 15.8. The lowest BCUT2D eigenvalue weighted by Gasteiger charge is -2.18. The average Bonchev–Trinajstić information content (AvgIpc) is 3.45. The van der Waals surface area contributed by atoms with Crippen LogP contribution in [0.1, 0.15) is 61.6 Å². The van der Waals surface area contributed by atoms with Gasteiger partial charge in [0.25, 0.3) is 0 Å². The first-order valence-electron chi connectivity index (χ1n) is 14.3. The van der Waals surface area contributed by atoms with Crippen molar-refractivity contribution in [2.75, 3.05) is 18.4 Å². The van der Waals surface area contributed by atoms with Crippen LogP contribution in [0.2, 0.25) is 0 Å². The molecule has 0 aliphatic rings. The topological polar surface area (TPSA) is 105 Å². The van der Waals surface area contributed by atoms with Crippen molar-refractivity contribution in [1.82, 2.24) is 14.9 Å². The quantitative estimate of drug-likeness (QED) is 0.146. The van der Waals surface area contributed by atoms with Gasteiger partial charge >= 0.3 is 5.97 Å². The number of benzene rings is 2. The molecule has 1 amide bonds. The molecule has 2 aromatic heterocycles. The van der Waals surface area contributed by atoms with Crippen molar-refractivity contribution in [1.29, 1.82) is 0 Å². The van der Waals surface area contributed by atoms with Gasteiger partial charge in [-0.2, -0.15) is 0 Å². The fourth-order valence-electron chi connectivity index (χ4n) is 4.86. The summed E-state index contributed by atoms with van der Waals surface area (Å²) < 4.78 is 6.04. The van der Waals surface area contributed by atoms with Crippen molar-refractivity contribution >= 4 is 28.9 Å². The number of pyridine rings is 1. The van der Waals surface area contributed by atoms with Gasteiger partial charge in [-0.05, 0) is 54.2 Å². The summed E-state index contributed by atoms with van der Waals surface area (Å²) in [5.41, 5.74) is 4.77. The van der Waals surface area contributed by atoms with Crippen LogP contribution in [0.5, 0.6) is 5.75 Å². The van der Waals surface area contributed by atoms with Gasteiger partial charge in [0, 0.05) is 17.1 Å². The maximum absolute atomic E-state index is 12.5. The Morgan fingerprint density at radius 3 is 2.38 bits per heavy atom. The van der Waals surface area contributed by atoms with Gasteiger partial charge in [-0.15, -0.1) is 11.3 Å². The molecule has 4 rings (SSSR count). The molecule has 0 aliphatic heterocycles. The summed E-state index contributed by atoms with van der Waals surface area (Å²) >= 11 is 1.44. The maximum atomic E-state index is 12.5. The summed E-state index contributed by atoms with van der Waals surface area (Å²) in [6, 6.07) is 20.0. The SMILES string of the molecule is CCCC(CCC)c1ccc(OCc2ccc(-c3csc(CN(CC(=O)O)CC(=O)Nc4cccnc4)n3)cc2)cc1. The number of aliphatic carboxylic acids is 1. The van der Waals surface area contributed by atoms with E-state index in [0.29, 0.717) is 18.2 Å². The highest BCUT2D eigenvalue weighted by atomic mass is 32.1. The zero-order valence-electron chi connectivity index (χ0n) is 24.2. The molecule has 0 atom stereocenters. The predicted octanol–water partition coefficient (Wildman–Crippen LogP) is 6.99. The van der Waals surface area contributed by atoms with Crippen molar-refractivity contribution in [2.24, 2.45) is 0 Å². The second-order valence-corrected chi connectivity index (χ2v) is 11.2. The molecule has 0 fully saturated rings. The Morgan fingerprint density at radius 1 is 1.00 bits per heavy atom. The van der Waals surface area contributed by atoms with E-state index in [1.807, 2.05) is 29.6 Å². The molecule has 0 radical (unpaired) electrons. The summed E-state index contributed by atoms with van der Waals surface area (Å²) in [7, 11) is 0. The Morgan fingerprint density at radius 2 is 1.74 bits per heavy atom. The average molecular weight is 587 g/mol. The normalized spacial score (nSPS) is 11.1. The number of aromatic nitrogens is 2. The molecule has 0 spiro atoms. The van der Waals surface area contributed by atoms with E-state index in [0.717, 1.165) is 27.6 Å². The van der Waals surface area contributed by atoms with Gasteiger partial charge in [-0.25, -0.2) is 4.98 Å². The number of nitrogens with one attached hydrogen (secondary N) is 1. The summed E-state index contributed by atoms with van der Waals surface area (Å²) in [6.45, 7) is 4.85. The summed E-state index contributed by atoms with van der Waals surface area (Å²) in [5, 5.41) is 14.8. The fourth-order valence-corrected chi connectivity index (χ4v) is 5.70. The molecule has 0 aliphatic carbocycles. The number of ether oxygens (including phenoxy) is 1. The van der Waals surface area contributed by atoms with Crippen LogP contribution in [0.15, 0.2) is 78.4 Å². The number of rotatable bonds is 16. The molecular weight excluding hydrogens is 548 g/mol. The molecule has 42 heavy (non-hydrogen) atoms. The maximum Gasteiger partial charge on any atom is 0.317 e. The number of hydrogen-bond acceptors (Lipinski definition) is 7. The number of carbonyl (C=O) groups is 2. The number of hydrogen-bond donors (Lipinski definition) is 2. The largest absolute Gasteiger partial charge is 0.489 e. The number of thiazole rings is 1. The molecule has 0 bridgehead atoms. The second-order valence-electron chi connectivity index (χ2n) is 10.3. The van der Waals surface area contributed by atoms with Crippen molar-refractivity contribution in [2.45, 2.75) is 58.6 Å². The van der Waals surface area contributed by atoms with Crippen LogP contribution in [0.4, 0.5) is 5.69 Å². The molecule has 2 N–H and O–H groups in total. The fraction of sp³-hybridized carbons (Fsp3) is 0.333. The van der Waals surface area contributed by atoms with Crippen LogP contribution >= 0.6 is 11.3 Å². The summed E-state index contributed by atoms with van der Waals surface area (Å²) in [5.74, 6) is 0.155. The minimum atomic E-state index is -1.01. The molecule has 0 saturated carbocycles. The van der Waals surface area contributed by atoms with E-state index in [2.05, 4.69) is 48.4 Å². The van der Waals surface area contributed by atoms with Crippen molar-refractivity contribution in [3.63, 3.8) is 0 Å². The van der Waals surface area contributed by atoms with E-state index < -0.39 is 5.97 Å². The zero-order valence-corrected chi connectivity index (χ0v) is 25.0. The standard InChI is InChI=1S/C33H38N4O4S/c1-3-6-25(7-4-2)26-13-15-29(16-14-26)41-22-24-9-11-27(12-10-24)30-23-42-32(36-30)20-37(21-33(39)40)19-31(38)35-28-8-5-17-34-18-28/h5,8-18,23,25H,3-4,6-7,19-22H2,1-2H3,(H,35,38)(H,39,40). The number of carboxylic acids is 1. The van der Waals surface area contributed by atoms with Crippen LogP contribution in [-0.4, -0.2) is 44.9 Å². The Hall–Kier alpha value is -4.08. The highest BCUT2D eigenvalue weighted by Crippen LogP contribution is 2.28. The Labute approximate surface area is 251 Å². The zero-order chi connectivity index (χ0) is 29.7. The monoisotopic (exact) mass is 586 g/mol. The van der Waals surface area contributed by atoms with Gasteiger partial charge in [-0.1, -0.05) is 63.1 Å². The molecule has 8 nitrogen and oxygen atoms in total. The van der Waals surface area contributed by atoms with Gasteiger partial charge in [-0.3, -0.25) is 19.5 Å². The lowest BCUT2D eigenvalue weighted by atomic mass is 9.90. The summed E-state index contributed by atoms with van der Waals surface area (Å²) in [4.78, 5) is 34.1. The van der Waals surface area contributed by atoms with Crippen molar-refractivity contribution in [3.05, 3.63) is 94.6 Å². The molecule has 2 heterocycles. The third-order valence-electron chi connectivity index (χ3n) is 6.86. The smallest absolute Gasteiger partial charge is 0.317 e. The summed E-state index contributed by atoms with van der Waals surface area (Å²) in [6.07, 6.45) is 7.96. The third kappa shape index (κ3) is 9.49. The van der Waals surface area contributed by atoms with Crippen LogP contribution in [0, 0.1) is 0 Å². The number of nitrogens with zero attached hydrogens (tertiary/aromatic N) is 3. The molecular formula is C33H38N4O4S. The minimum absolute atomic E-state index is 0.0778. The van der Waals surface area contributed by atoms with Crippen LogP contribution in [0.25, 0.3) is 11.3 Å². The Kier molecular flexibility index (Phi) is 11.6. The molecule has 9 heteroatoms. The van der Waals surface area contributed by atoms with Gasteiger partial charge in [0.1, 0.15) is 17.4 Å². The van der Waals surface area contributed by atoms with Crippen LogP contribution in [0.3, 0.4) is 0 Å². The van der Waals surface area contributed by atoms with E-state index >= 15 is 0 Å². The van der Waals surface area contributed by atoms with Gasteiger partial charge in [0.05, 0.1) is 37.2 Å². The highest BCUT2D eigenvalue weighted by Gasteiger charge is 2.17. The number of anilines is 1. The lowest BCUT2D eigenvalue weighted by Crippen LogP contribution is -2.36. The Bertz CT molecular complexity index is 1400. The third-order valence-corrected chi connectivity index (χ3v) is 7.70. The number of amides is 1. The van der Waals surface area contributed by atoms with Gasteiger partial charge in [0.15, 0.2) is 0 Å². The number of carboxylic acid groups (broad SMARTS) is 1. The first-order chi connectivity index (χ1) is 20.4. The van der Waals surface area contributed by atoms with E-state index in [1.165, 1.54) is 48.8 Å². The van der Waals surface area contributed by atoms with Crippen molar-refractivity contribution in [3.8, 4) is 17.0 Å². The Balaban J connectivity index is 1.31. The predicted molar refractivity (Wildman–Crippen MR) is 167 cm³/mol. The van der Waals surface area contributed by atoms with Crippen LogP contribution in [-0.2, 0) is 22.7 Å². The molecule has 2 aromatic carbocycles. The molecule has 4 aromatic rings. The van der Waals surface area contributed by atoms with Crippen molar-refractivity contribution < 1.29 is 19.4 Å². The molecule has 0 unspecified atom stereocenters. The highest BCUT2D eigenvalue weighted by molar-refractivity contribution is 7.09. The molecule has 220 valence electrons. The van der Waals surface area contributed by atoms with E-state index in [9.17, 15) is 14.7 Å². The number of carbonyl (C=O) groups excluding carboxylic acids is 1. The first-order valence-corrected chi connectivity index (χ1v) is 15.2. The van der Waals surface area contributed by atoms with E-state index in [-0.39, 0.29) is 25.5 Å². The van der Waals surface area contributed by atoms with Crippen LogP contribution < -0.4 is 10.1 Å². The van der Waals surface area contributed by atoms with E-state index in [4.69, 9.17) is 9.72 Å². The molecule has 0 saturated heterocycles. The van der Waals surface area contributed by atoms with E-state index in [1.54, 1.807) is 23.2 Å². The van der Waals surface area contributed by atoms with Gasteiger partial charge in [0.2, 0.25) is 5.91 Å².